The molecule has 1 aromatic heterocycles. The predicted octanol–water partition coefficient (Wildman–Crippen LogP) is 2.84. The van der Waals surface area contributed by atoms with Crippen LogP contribution >= 0.6 is 0 Å². The quantitative estimate of drug-likeness (QED) is 0.321. The summed E-state index contributed by atoms with van der Waals surface area (Å²) in [5, 5.41) is 13.1. The average Bonchev–Trinajstić information content (AvgIpc) is 3.07. The van der Waals surface area contributed by atoms with Gasteiger partial charge in [0.2, 0.25) is 11.7 Å². The van der Waals surface area contributed by atoms with Gasteiger partial charge < -0.3 is 20.1 Å². The minimum atomic E-state index is -0.787. The molecule has 0 radical (unpaired) electrons. The van der Waals surface area contributed by atoms with Gasteiger partial charge in [0.25, 0.3) is 11.5 Å². The van der Waals surface area contributed by atoms with Crippen molar-refractivity contribution >= 4 is 11.8 Å². The smallest absolute Gasteiger partial charge is 0.296 e. The first-order valence-corrected chi connectivity index (χ1v) is 11.3. The molecule has 1 aliphatic rings. The molecule has 10 heteroatoms. The number of likely N-dealkylation sites (N-methyl/N-ethyl adjacent to an activating group) is 1. The Bertz CT molecular complexity index is 1190. The van der Waals surface area contributed by atoms with Crippen LogP contribution in [0.5, 0.6) is 11.5 Å². The summed E-state index contributed by atoms with van der Waals surface area (Å²) in [5.41, 5.74) is -0.686. The number of nitrogens with zero attached hydrogens (tertiary/aromatic N) is 3. The van der Waals surface area contributed by atoms with Gasteiger partial charge in [0.15, 0.2) is 5.69 Å². The molecule has 2 heterocycles. The van der Waals surface area contributed by atoms with Crippen LogP contribution in [-0.4, -0.2) is 45.0 Å². The topological polar surface area (TPSA) is 114 Å². The van der Waals surface area contributed by atoms with Gasteiger partial charge in [0, 0.05) is 31.8 Å². The molecule has 0 saturated carbocycles. The number of fused-ring (bicyclic) bond motifs is 1. The maximum atomic E-state index is 13.7. The average molecular weight is 485 g/mol. The Morgan fingerprint density at radius 3 is 2.86 bits per heavy atom. The largest absolute Gasteiger partial charge is 0.501 e. The molecule has 0 fully saturated rings. The van der Waals surface area contributed by atoms with E-state index in [2.05, 4.69) is 23.5 Å². The molecule has 2 N–H and O–H groups in total. The van der Waals surface area contributed by atoms with Gasteiger partial charge in [-0.25, -0.2) is 9.37 Å². The third-order valence-corrected chi connectivity index (χ3v) is 5.84. The summed E-state index contributed by atoms with van der Waals surface area (Å²) in [6, 6.07) is 3.37. The number of hydrogen-bond acceptors (Lipinski definition) is 6. The molecule has 2 aromatic rings. The summed E-state index contributed by atoms with van der Waals surface area (Å²) in [5.74, 6) is -1.91. The lowest BCUT2D eigenvalue weighted by Gasteiger charge is -2.27. The summed E-state index contributed by atoms with van der Waals surface area (Å²) < 4.78 is 20.6. The molecule has 0 saturated heterocycles. The number of hydrogen-bond donors (Lipinski definition) is 2. The standard InChI is InChI=1S/C25H29FN4O5/c1-4-6-13-35-19-14-17(26)11-10-16(19)15-27-24(33)21-22(32)25(34)30-12-8-7-9-18(23(30)28-21)29(3)20(31)5-2/h4-5,10-11,14,18,32H,1-2,6-9,12-13,15H2,3H3,(H,27,33). The second-order valence-electron chi connectivity index (χ2n) is 8.15. The van der Waals surface area contributed by atoms with E-state index in [1.165, 1.54) is 33.7 Å². The van der Waals surface area contributed by atoms with Crippen molar-refractivity contribution < 1.29 is 23.8 Å². The van der Waals surface area contributed by atoms with Crippen LogP contribution in [0.2, 0.25) is 0 Å². The lowest BCUT2D eigenvalue weighted by Crippen LogP contribution is -2.36. The van der Waals surface area contributed by atoms with Crippen molar-refractivity contribution in [3.05, 3.63) is 76.8 Å². The molecule has 3 rings (SSSR count). The van der Waals surface area contributed by atoms with Crippen LogP contribution in [0.25, 0.3) is 0 Å². The maximum absolute atomic E-state index is 13.7. The van der Waals surface area contributed by atoms with Crippen LogP contribution < -0.4 is 15.6 Å². The molecule has 1 aromatic carbocycles. The van der Waals surface area contributed by atoms with Crippen LogP contribution in [0.4, 0.5) is 4.39 Å². The number of nitrogens with one attached hydrogen (secondary N) is 1. The van der Waals surface area contributed by atoms with Crippen molar-refractivity contribution in [3.8, 4) is 11.5 Å². The van der Waals surface area contributed by atoms with Crippen LogP contribution in [0, 0.1) is 5.82 Å². The van der Waals surface area contributed by atoms with E-state index in [0.717, 1.165) is 6.42 Å². The fourth-order valence-corrected chi connectivity index (χ4v) is 3.91. The van der Waals surface area contributed by atoms with Gasteiger partial charge in [-0.2, -0.15) is 0 Å². The first-order chi connectivity index (χ1) is 16.8. The zero-order chi connectivity index (χ0) is 25.5. The number of halogens is 1. The van der Waals surface area contributed by atoms with Gasteiger partial charge >= 0.3 is 0 Å². The number of ether oxygens (including phenoxy) is 1. The molecule has 9 nitrogen and oxygen atoms in total. The summed E-state index contributed by atoms with van der Waals surface area (Å²) in [6.45, 7) is 7.65. The highest BCUT2D eigenvalue weighted by atomic mass is 19.1. The van der Waals surface area contributed by atoms with Crippen molar-refractivity contribution in [3.63, 3.8) is 0 Å². The lowest BCUT2D eigenvalue weighted by atomic mass is 10.1. The van der Waals surface area contributed by atoms with E-state index in [-0.39, 0.29) is 30.6 Å². The predicted molar refractivity (Wildman–Crippen MR) is 128 cm³/mol. The number of carbonyl (C=O) groups excluding carboxylic acids is 2. The normalized spacial score (nSPS) is 14.9. The summed E-state index contributed by atoms with van der Waals surface area (Å²) >= 11 is 0. The molecule has 2 amide bonds. The van der Waals surface area contributed by atoms with Crippen molar-refractivity contribution in [2.45, 2.75) is 44.8 Å². The van der Waals surface area contributed by atoms with E-state index >= 15 is 0 Å². The number of amides is 2. The van der Waals surface area contributed by atoms with E-state index in [4.69, 9.17) is 4.74 Å². The lowest BCUT2D eigenvalue weighted by molar-refractivity contribution is -0.127. The van der Waals surface area contributed by atoms with Gasteiger partial charge in [-0.3, -0.25) is 19.0 Å². The Kier molecular flexibility index (Phi) is 8.40. The van der Waals surface area contributed by atoms with E-state index in [1.807, 2.05) is 0 Å². The highest BCUT2D eigenvalue weighted by Gasteiger charge is 2.30. The number of benzene rings is 1. The molecular formula is C25H29FN4O5. The molecular weight excluding hydrogens is 455 g/mol. The summed E-state index contributed by atoms with van der Waals surface area (Å²) in [7, 11) is 1.57. The van der Waals surface area contributed by atoms with Crippen molar-refractivity contribution in [2.75, 3.05) is 13.7 Å². The highest BCUT2D eigenvalue weighted by Crippen LogP contribution is 2.28. The molecule has 35 heavy (non-hydrogen) atoms. The SMILES string of the molecule is C=CCCOc1cc(F)ccc1CNC(=O)c1nc2n(c(=O)c1O)CCCCC2N(C)C(=O)C=C. The van der Waals surface area contributed by atoms with Gasteiger partial charge in [-0.1, -0.05) is 18.7 Å². The Morgan fingerprint density at radius 1 is 1.37 bits per heavy atom. The highest BCUT2D eigenvalue weighted by molar-refractivity contribution is 5.94. The Balaban J connectivity index is 1.90. The summed E-state index contributed by atoms with van der Waals surface area (Å²) in [4.78, 5) is 43.9. The van der Waals surface area contributed by atoms with Crippen molar-refractivity contribution in [1.82, 2.24) is 19.8 Å². The Morgan fingerprint density at radius 2 is 2.14 bits per heavy atom. The molecule has 1 unspecified atom stereocenters. The zero-order valence-corrected chi connectivity index (χ0v) is 19.6. The Labute approximate surface area is 202 Å². The number of carbonyl (C=O) groups is 2. The van der Waals surface area contributed by atoms with Crippen LogP contribution in [-0.2, 0) is 17.9 Å². The third kappa shape index (κ3) is 5.76. The second kappa shape index (κ2) is 11.5. The monoisotopic (exact) mass is 484 g/mol. The molecule has 186 valence electrons. The third-order valence-electron chi connectivity index (χ3n) is 5.84. The van der Waals surface area contributed by atoms with Crippen LogP contribution in [0.3, 0.4) is 0 Å². The minimum Gasteiger partial charge on any atom is -0.501 e. The maximum Gasteiger partial charge on any atom is 0.296 e. The molecule has 1 atom stereocenters. The second-order valence-corrected chi connectivity index (χ2v) is 8.15. The summed E-state index contributed by atoms with van der Waals surface area (Å²) in [6.07, 6.45) is 5.31. The molecule has 0 spiro atoms. The fraction of sp³-hybridized carbons (Fsp3) is 0.360. The van der Waals surface area contributed by atoms with E-state index < -0.39 is 34.8 Å². The van der Waals surface area contributed by atoms with E-state index in [1.54, 1.807) is 13.1 Å². The first-order valence-electron chi connectivity index (χ1n) is 11.3. The number of aromatic hydroxyl groups is 1. The molecule has 1 aliphatic heterocycles. The number of aromatic nitrogens is 2. The van der Waals surface area contributed by atoms with Gasteiger partial charge in [0.05, 0.1) is 12.6 Å². The van der Waals surface area contributed by atoms with Crippen LogP contribution in [0.1, 0.15) is 53.6 Å². The van der Waals surface area contributed by atoms with Gasteiger partial charge in [-0.15, -0.1) is 6.58 Å². The van der Waals surface area contributed by atoms with Crippen LogP contribution in [0.15, 0.2) is 48.3 Å². The van der Waals surface area contributed by atoms with Crippen molar-refractivity contribution in [2.24, 2.45) is 0 Å². The molecule has 0 aliphatic carbocycles. The van der Waals surface area contributed by atoms with E-state index in [0.29, 0.717) is 31.4 Å². The minimum absolute atomic E-state index is 0.0552. The van der Waals surface area contributed by atoms with Crippen molar-refractivity contribution in [1.29, 1.82) is 0 Å². The first kappa shape index (κ1) is 25.7. The van der Waals surface area contributed by atoms with Gasteiger partial charge in [-0.05, 0) is 37.8 Å². The number of rotatable bonds is 9. The molecule has 0 bridgehead atoms. The van der Waals surface area contributed by atoms with E-state index in [9.17, 15) is 23.9 Å². The zero-order valence-electron chi connectivity index (χ0n) is 19.6. The van der Waals surface area contributed by atoms with Gasteiger partial charge in [0.1, 0.15) is 17.4 Å². The Hall–Kier alpha value is -3.95. The fourth-order valence-electron chi connectivity index (χ4n) is 3.91.